The van der Waals surface area contributed by atoms with E-state index in [1.807, 2.05) is 97.1 Å². The second-order valence-electron chi connectivity index (χ2n) is 10.4. The van der Waals surface area contributed by atoms with Crippen LogP contribution < -0.4 is 24.4 Å². The fraction of sp³-hybridized carbons (Fsp3) is 0.139. The zero-order valence-electron chi connectivity index (χ0n) is 25.2. The topological polar surface area (TPSA) is 79.1 Å². The van der Waals surface area contributed by atoms with Crippen molar-refractivity contribution in [2.45, 2.75) is 19.6 Å². The van der Waals surface area contributed by atoms with Crippen molar-refractivity contribution in [1.82, 2.24) is 4.57 Å². The highest BCUT2D eigenvalue weighted by Gasteiger charge is 2.35. The molecule has 0 radical (unpaired) electrons. The molecule has 0 unspecified atom stereocenters. The number of ether oxygens (including phenoxy) is 3. The third-order valence-electron chi connectivity index (χ3n) is 7.43. The summed E-state index contributed by atoms with van der Waals surface area (Å²) in [5.41, 5.74) is 3.67. The lowest BCUT2D eigenvalue weighted by Gasteiger charge is -2.26. The summed E-state index contributed by atoms with van der Waals surface area (Å²) in [7, 11) is 1.59. The van der Waals surface area contributed by atoms with E-state index in [0.29, 0.717) is 38.2 Å². The van der Waals surface area contributed by atoms with Crippen LogP contribution >= 0.6 is 68.1 Å². The largest absolute Gasteiger partial charge is 0.497 e. The van der Waals surface area contributed by atoms with Crippen LogP contribution in [-0.2, 0) is 16.1 Å². The Balaban J connectivity index is 1.55. The molecule has 47 heavy (non-hydrogen) atoms. The van der Waals surface area contributed by atoms with Crippen molar-refractivity contribution in [1.29, 1.82) is 0 Å². The van der Waals surface area contributed by atoms with Crippen LogP contribution in [0.5, 0.6) is 11.5 Å². The lowest BCUT2D eigenvalue weighted by molar-refractivity contribution is -0.138. The van der Waals surface area contributed by atoms with E-state index in [9.17, 15) is 9.59 Å². The maximum absolute atomic E-state index is 14.4. The minimum atomic E-state index is -0.787. The molecule has 5 aromatic rings. The first-order valence-corrected chi connectivity index (χ1v) is 17.9. The van der Waals surface area contributed by atoms with Crippen LogP contribution in [0.15, 0.2) is 106 Å². The Hall–Kier alpha value is -3.46. The number of nitrogens with zero attached hydrogens (tertiary/aromatic N) is 2. The Bertz CT molecular complexity index is 2160. The van der Waals surface area contributed by atoms with Crippen LogP contribution in [0, 0.1) is 7.14 Å². The van der Waals surface area contributed by atoms with Crippen molar-refractivity contribution < 1.29 is 19.0 Å². The van der Waals surface area contributed by atoms with Crippen LogP contribution in [0.1, 0.15) is 35.2 Å². The molecular formula is C36H27ClI2N2O5S. The second kappa shape index (κ2) is 14.8. The van der Waals surface area contributed by atoms with Crippen LogP contribution in [-0.4, -0.2) is 24.3 Å². The standard InChI is InChI=1S/C36H27ClI2N2O5S/c1-3-45-35(43)30-31(22-7-5-4-6-8-22)40-36-41(32(30)23-11-15-27(44-2)16-12-23)34(42)29(47-36)18-24-17-26(38)19-28(39)33(24)46-20-21-9-13-25(37)14-10-21/h4-19,32H,3,20H2,1-2H3/b29-18-/t32-/m0/s1. The Morgan fingerprint density at radius 3 is 2.43 bits per heavy atom. The van der Waals surface area contributed by atoms with Gasteiger partial charge in [0.05, 0.1) is 39.1 Å². The zero-order chi connectivity index (χ0) is 33.1. The molecule has 0 spiro atoms. The number of thiazole rings is 1. The van der Waals surface area contributed by atoms with Crippen molar-refractivity contribution in [2.75, 3.05) is 13.7 Å². The quantitative estimate of drug-likeness (QED) is 0.114. The van der Waals surface area contributed by atoms with Gasteiger partial charge in [0.2, 0.25) is 0 Å². The zero-order valence-corrected chi connectivity index (χ0v) is 31.1. The average Bonchev–Trinajstić information content (AvgIpc) is 3.38. The first kappa shape index (κ1) is 33.4. The summed E-state index contributed by atoms with van der Waals surface area (Å²) < 4.78 is 21.2. The van der Waals surface area contributed by atoms with Crippen LogP contribution in [0.4, 0.5) is 0 Å². The SMILES string of the molecule is CCOC(=O)C1=C(c2ccccc2)N=c2s/c(=C\c3cc(I)cc(I)c3OCc3ccc(Cl)cc3)c(=O)n2[C@H]1c1ccc(OC)cc1. The third kappa shape index (κ3) is 7.20. The Morgan fingerprint density at radius 1 is 1.02 bits per heavy atom. The van der Waals surface area contributed by atoms with Crippen molar-refractivity contribution in [2.24, 2.45) is 4.99 Å². The molecule has 7 nitrogen and oxygen atoms in total. The fourth-order valence-electron chi connectivity index (χ4n) is 5.26. The molecule has 0 bridgehead atoms. The number of hydrogen-bond donors (Lipinski definition) is 0. The second-order valence-corrected chi connectivity index (χ2v) is 14.3. The first-order valence-electron chi connectivity index (χ1n) is 14.6. The molecule has 0 fully saturated rings. The van der Waals surface area contributed by atoms with Gasteiger partial charge >= 0.3 is 5.97 Å². The van der Waals surface area contributed by atoms with Gasteiger partial charge in [-0.15, -0.1) is 0 Å². The molecule has 0 N–H and O–H groups in total. The Morgan fingerprint density at radius 2 is 1.74 bits per heavy atom. The number of hydrogen-bond acceptors (Lipinski definition) is 7. The van der Waals surface area contributed by atoms with E-state index in [1.165, 1.54) is 11.3 Å². The summed E-state index contributed by atoms with van der Waals surface area (Å²) in [5.74, 6) is 0.788. The van der Waals surface area contributed by atoms with E-state index in [0.717, 1.165) is 29.4 Å². The molecule has 4 aromatic carbocycles. The minimum absolute atomic E-state index is 0.175. The molecule has 2 heterocycles. The van der Waals surface area contributed by atoms with E-state index in [-0.39, 0.29) is 17.7 Å². The highest BCUT2D eigenvalue weighted by molar-refractivity contribution is 14.1. The van der Waals surface area contributed by atoms with E-state index < -0.39 is 12.0 Å². The van der Waals surface area contributed by atoms with Gasteiger partial charge in [0.1, 0.15) is 18.1 Å². The number of benzene rings is 4. The van der Waals surface area contributed by atoms with Gasteiger partial charge in [-0.25, -0.2) is 9.79 Å². The molecule has 0 saturated carbocycles. The van der Waals surface area contributed by atoms with E-state index in [4.69, 9.17) is 30.8 Å². The summed E-state index contributed by atoms with van der Waals surface area (Å²) in [6.45, 7) is 2.26. The Labute approximate surface area is 307 Å². The highest BCUT2D eigenvalue weighted by Crippen LogP contribution is 2.36. The molecule has 0 saturated heterocycles. The summed E-state index contributed by atoms with van der Waals surface area (Å²) >= 11 is 11.9. The highest BCUT2D eigenvalue weighted by atomic mass is 127. The van der Waals surface area contributed by atoms with Crippen molar-refractivity contribution in [3.63, 3.8) is 0 Å². The molecule has 1 atom stereocenters. The number of fused-ring (bicyclic) bond motifs is 1. The van der Waals surface area contributed by atoms with Gasteiger partial charge in [0.25, 0.3) is 5.56 Å². The van der Waals surface area contributed by atoms with Crippen LogP contribution in [0.3, 0.4) is 0 Å². The summed E-state index contributed by atoms with van der Waals surface area (Å²) in [4.78, 5) is 33.6. The summed E-state index contributed by atoms with van der Waals surface area (Å²) in [5, 5.41) is 0.656. The maximum atomic E-state index is 14.4. The lowest BCUT2D eigenvalue weighted by Crippen LogP contribution is -2.40. The van der Waals surface area contributed by atoms with Gasteiger partial charge in [-0.05, 0) is 106 Å². The van der Waals surface area contributed by atoms with Gasteiger partial charge < -0.3 is 14.2 Å². The molecule has 11 heteroatoms. The van der Waals surface area contributed by atoms with Crippen molar-refractivity contribution >= 4 is 85.9 Å². The number of carbonyl (C=O) groups is 1. The molecule has 238 valence electrons. The number of methoxy groups -OCH3 is 1. The minimum Gasteiger partial charge on any atom is -0.497 e. The van der Waals surface area contributed by atoms with Gasteiger partial charge in [-0.3, -0.25) is 9.36 Å². The monoisotopic (exact) mass is 888 g/mol. The smallest absolute Gasteiger partial charge is 0.338 e. The number of halogens is 3. The molecular weight excluding hydrogens is 862 g/mol. The Kier molecular flexibility index (Phi) is 10.5. The van der Waals surface area contributed by atoms with Gasteiger partial charge in [0, 0.05) is 19.7 Å². The molecule has 0 aliphatic carbocycles. The fourth-order valence-corrected chi connectivity index (χ4v) is 8.42. The van der Waals surface area contributed by atoms with Crippen LogP contribution in [0.25, 0.3) is 11.8 Å². The number of carbonyl (C=O) groups excluding carboxylic acids is 1. The van der Waals surface area contributed by atoms with Gasteiger partial charge in [-0.1, -0.05) is 77.5 Å². The summed E-state index contributed by atoms with van der Waals surface area (Å²) in [6.07, 6.45) is 1.84. The normalized spacial score (nSPS) is 14.4. The number of esters is 1. The summed E-state index contributed by atoms with van der Waals surface area (Å²) in [6, 6.07) is 27.6. The molecule has 1 aliphatic heterocycles. The van der Waals surface area contributed by atoms with Crippen molar-refractivity contribution in [3.05, 3.63) is 151 Å². The van der Waals surface area contributed by atoms with E-state index >= 15 is 0 Å². The number of rotatable bonds is 9. The lowest BCUT2D eigenvalue weighted by atomic mass is 9.93. The molecule has 1 aliphatic rings. The predicted molar refractivity (Wildman–Crippen MR) is 202 cm³/mol. The molecule has 1 aromatic heterocycles. The molecule has 6 rings (SSSR count). The van der Waals surface area contributed by atoms with E-state index in [2.05, 4.69) is 45.2 Å². The molecule has 0 amide bonds. The van der Waals surface area contributed by atoms with Crippen LogP contribution in [0.2, 0.25) is 5.02 Å². The van der Waals surface area contributed by atoms with Gasteiger partial charge in [0.15, 0.2) is 4.80 Å². The van der Waals surface area contributed by atoms with Gasteiger partial charge in [-0.2, -0.15) is 0 Å². The van der Waals surface area contributed by atoms with E-state index in [1.54, 1.807) is 18.6 Å². The first-order chi connectivity index (χ1) is 22.8. The average molecular weight is 889 g/mol. The van der Waals surface area contributed by atoms with Crippen molar-refractivity contribution in [3.8, 4) is 11.5 Å². The number of aromatic nitrogens is 1. The maximum Gasteiger partial charge on any atom is 0.338 e. The third-order valence-corrected chi connectivity index (χ3v) is 10.1. The predicted octanol–water partition coefficient (Wildman–Crippen LogP) is 7.39.